The Morgan fingerprint density at radius 1 is 0.353 bits per heavy atom. The van der Waals surface area contributed by atoms with Gasteiger partial charge in [-0.2, -0.15) is 0 Å². The Hall–Kier alpha value is -6.77. The molecule has 0 unspecified atom stereocenters. The lowest BCUT2D eigenvalue weighted by atomic mass is 9.85. The second kappa shape index (κ2) is 12.0. The molecule has 0 radical (unpaired) electrons. The van der Waals surface area contributed by atoms with Crippen molar-refractivity contribution < 1.29 is 0 Å². The van der Waals surface area contributed by atoms with Crippen molar-refractivity contribution in [1.82, 2.24) is 9.38 Å². The van der Waals surface area contributed by atoms with Crippen LogP contribution in [0.3, 0.4) is 0 Å². The highest BCUT2D eigenvalue weighted by Crippen LogP contribution is 2.44. The van der Waals surface area contributed by atoms with Crippen molar-refractivity contribution in [3.63, 3.8) is 0 Å². The first-order chi connectivity index (χ1) is 25.3. The number of rotatable bonds is 5. The third-order valence-electron chi connectivity index (χ3n) is 10.2. The van der Waals surface area contributed by atoms with E-state index in [2.05, 4.69) is 193 Å². The lowest BCUT2D eigenvalue weighted by Gasteiger charge is -2.18. The number of aromatic nitrogens is 2. The number of imidazole rings is 1. The van der Waals surface area contributed by atoms with E-state index in [1.165, 1.54) is 71.3 Å². The molecule has 2 aromatic heterocycles. The van der Waals surface area contributed by atoms with E-state index in [1.54, 1.807) is 0 Å². The fourth-order valence-electron chi connectivity index (χ4n) is 7.75. The predicted octanol–water partition coefficient (Wildman–Crippen LogP) is 13.1. The van der Waals surface area contributed by atoms with E-state index in [1.807, 2.05) is 6.07 Å². The van der Waals surface area contributed by atoms with Gasteiger partial charge in [0.05, 0.1) is 5.69 Å². The number of nitrogens with zero attached hydrogens (tertiary/aromatic N) is 2. The molecule has 0 amide bonds. The number of hydrogen-bond donors (Lipinski definition) is 0. The van der Waals surface area contributed by atoms with Gasteiger partial charge in [0.25, 0.3) is 0 Å². The highest BCUT2D eigenvalue weighted by Gasteiger charge is 2.17. The van der Waals surface area contributed by atoms with Crippen molar-refractivity contribution in [3.8, 4) is 55.8 Å². The van der Waals surface area contributed by atoms with E-state index in [9.17, 15) is 0 Å². The molecule has 0 aliphatic rings. The van der Waals surface area contributed by atoms with E-state index < -0.39 is 0 Å². The van der Waals surface area contributed by atoms with Gasteiger partial charge in [-0.1, -0.05) is 164 Å². The summed E-state index contributed by atoms with van der Waals surface area (Å²) in [4.78, 5) is 5.11. The van der Waals surface area contributed by atoms with Crippen LogP contribution in [0.4, 0.5) is 0 Å². The standard InChI is InChI=1S/C49H32N2/c1-2-12-35(13-3-1)41-19-10-30-51-32-46(50-49(41)51)36-23-27-38(28-24-36)48-44-17-8-6-15-42(44)47(43-16-7-9-18-45(43)48)37-25-20-34(21-26-37)40-29-22-33-11-4-5-14-39(33)31-40/h1-32H. The monoisotopic (exact) mass is 648 g/mol. The van der Waals surface area contributed by atoms with Crippen molar-refractivity contribution in [1.29, 1.82) is 0 Å². The van der Waals surface area contributed by atoms with Crippen molar-refractivity contribution in [2.45, 2.75) is 0 Å². The normalized spacial score (nSPS) is 11.5. The van der Waals surface area contributed by atoms with Crippen molar-refractivity contribution in [2.24, 2.45) is 0 Å². The molecule has 0 aliphatic carbocycles. The Morgan fingerprint density at radius 2 is 0.863 bits per heavy atom. The van der Waals surface area contributed by atoms with Crippen LogP contribution in [0.25, 0.3) is 93.7 Å². The minimum absolute atomic E-state index is 0.959. The first-order valence-electron chi connectivity index (χ1n) is 17.5. The van der Waals surface area contributed by atoms with Crippen LogP contribution in [0.1, 0.15) is 0 Å². The van der Waals surface area contributed by atoms with E-state index in [0.29, 0.717) is 0 Å². The molecule has 238 valence electrons. The van der Waals surface area contributed by atoms with Gasteiger partial charge in [0.1, 0.15) is 5.65 Å². The first kappa shape index (κ1) is 29.2. The molecule has 0 atom stereocenters. The van der Waals surface area contributed by atoms with Gasteiger partial charge in [0.2, 0.25) is 0 Å². The number of benzene rings is 8. The van der Waals surface area contributed by atoms with Gasteiger partial charge in [-0.05, 0) is 89.5 Å². The van der Waals surface area contributed by atoms with Crippen LogP contribution in [0, 0.1) is 0 Å². The molecule has 0 fully saturated rings. The quantitative estimate of drug-likeness (QED) is 0.170. The number of pyridine rings is 1. The molecule has 51 heavy (non-hydrogen) atoms. The lowest BCUT2D eigenvalue weighted by molar-refractivity contribution is 1.19. The van der Waals surface area contributed by atoms with E-state index in [4.69, 9.17) is 4.98 Å². The van der Waals surface area contributed by atoms with Gasteiger partial charge in [0.15, 0.2) is 0 Å². The molecule has 10 aromatic rings. The summed E-state index contributed by atoms with van der Waals surface area (Å²) >= 11 is 0. The van der Waals surface area contributed by atoms with E-state index >= 15 is 0 Å². The number of hydrogen-bond acceptors (Lipinski definition) is 1. The maximum Gasteiger partial charge on any atom is 0.145 e. The molecule has 10 rings (SSSR count). The predicted molar refractivity (Wildman–Crippen MR) is 215 cm³/mol. The van der Waals surface area contributed by atoms with Crippen molar-refractivity contribution in [2.75, 3.05) is 0 Å². The summed E-state index contributed by atoms with van der Waals surface area (Å²) in [6.07, 6.45) is 4.20. The molecule has 0 aliphatic heterocycles. The van der Waals surface area contributed by atoms with Gasteiger partial charge in [-0.25, -0.2) is 4.98 Å². The highest BCUT2D eigenvalue weighted by atomic mass is 15.0. The van der Waals surface area contributed by atoms with Gasteiger partial charge >= 0.3 is 0 Å². The zero-order valence-electron chi connectivity index (χ0n) is 27.9. The summed E-state index contributed by atoms with van der Waals surface area (Å²) in [5.74, 6) is 0. The van der Waals surface area contributed by atoms with Crippen LogP contribution in [0.15, 0.2) is 194 Å². The first-order valence-corrected chi connectivity index (χ1v) is 17.5. The zero-order valence-corrected chi connectivity index (χ0v) is 27.9. The summed E-state index contributed by atoms with van der Waals surface area (Å²) in [5, 5.41) is 7.52. The Morgan fingerprint density at radius 3 is 1.49 bits per heavy atom. The molecule has 2 heterocycles. The van der Waals surface area contributed by atoms with Crippen LogP contribution in [-0.4, -0.2) is 9.38 Å². The second-order valence-electron chi connectivity index (χ2n) is 13.2. The van der Waals surface area contributed by atoms with Crippen LogP contribution in [0.2, 0.25) is 0 Å². The van der Waals surface area contributed by atoms with E-state index in [0.717, 1.165) is 22.5 Å². The molecule has 0 saturated heterocycles. The minimum atomic E-state index is 0.959. The van der Waals surface area contributed by atoms with Gasteiger partial charge in [0, 0.05) is 23.5 Å². The summed E-state index contributed by atoms with van der Waals surface area (Å²) in [7, 11) is 0. The molecular formula is C49H32N2. The minimum Gasteiger partial charge on any atom is -0.306 e. The Bertz CT molecular complexity index is 2820. The third kappa shape index (κ3) is 5.00. The van der Waals surface area contributed by atoms with Crippen LogP contribution in [-0.2, 0) is 0 Å². The van der Waals surface area contributed by atoms with Crippen molar-refractivity contribution in [3.05, 3.63) is 194 Å². The maximum absolute atomic E-state index is 5.11. The molecule has 8 aromatic carbocycles. The van der Waals surface area contributed by atoms with Gasteiger partial charge in [-0.15, -0.1) is 0 Å². The van der Waals surface area contributed by atoms with Crippen LogP contribution in [0.5, 0.6) is 0 Å². The third-order valence-corrected chi connectivity index (χ3v) is 10.2. The molecule has 0 N–H and O–H groups in total. The summed E-state index contributed by atoms with van der Waals surface area (Å²) in [6, 6.07) is 65.7. The van der Waals surface area contributed by atoms with Gasteiger partial charge < -0.3 is 4.40 Å². The Labute approximate surface area is 296 Å². The van der Waals surface area contributed by atoms with Crippen LogP contribution >= 0.6 is 0 Å². The molecule has 0 bridgehead atoms. The SMILES string of the molecule is c1ccc(-c2cccn3cc(-c4ccc(-c5c6ccccc6c(-c6ccc(-c7ccc8ccccc8c7)cc6)c6ccccc56)cc4)nc23)cc1. The smallest absolute Gasteiger partial charge is 0.145 e. The summed E-state index contributed by atoms with van der Waals surface area (Å²) in [6.45, 7) is 0. The molecule has 2 heteroatoms. The second-order valence-corrected chi connectivity index (χ2v) is 13.2. The van der Waals surface area contributed by atoms with E-state index in [-0.39, 0.29) is 0 Å². The largest absolute Gasteiger partial charge is 0.306 e. The Balaban J connectivity index is 1.06. The maximum atomic E-state index is 5.11. The number of fused-ring (bicyclic) bond motifs is 4. The molecule has 0 spiro atoms. The molecule has 2 nitrogen and oxygen atoms in total. The average molecular weight is 649 g/mol. The molecule has 0 saturated carbocycles. The summed E-state index contributed by atoms with van der Waals surface area (Å²) in [5.41, 5.74) is 12.7. The molecular weight excluding hydrogens is 617 g/mol. The average Bonchev–Trinajstić information content (AvgIpc) is 3.65. The summed E-state index contributed by atoms with van der Waals surface area (Å²) < 4.78 is 2.12. The van der Waals surface area contributed by atoms with Gasteiger partial charge in [-0.3, -0.25) is 0 Å². The fourth-order valence-corrected chi connectivity index (χ4v) is 7.75. The Kier molecular flexibility index (Phi) is 6.85. The topological polar surface area (TPSA) is 17.3 Å². The fraction of sp³-hybridized carbons (Fsp3) is 0. The highest BCUT2D eigenvalue weighted by molar-refractivity contribution is 6.21. The lowest BCUT2D eigenvalue weighted by Crippen LogP contribution is -1.91. The zero-order chi connectivity index (χ0) is 33.7. The van der Waals surface area contributed by atoms with Crippen molar-refractivity contribution >= 4 is 38.0 Å². The van der Waals surface area contributed by atoms with Crippen LogP contribution < -0.4 is 0 Å².